The molecule has 0 bridgehead atoms. The number of nitrogens with zero attached hydrogens (tertiary/aromatic N) is 1. The van der Waals surface area contributed by atoms with Crippen LogP contribution in [0.5, 0.6) is 0 Å². The summed E-state index contributed by atoms with van der Waals surface area (Å²) in [5, 5.41) is 9.31. The van der Waals surface area contributed by atoms with Crippen molar-refractivity contribution in [1.29, 1.82) is 0 Å². The third-order valence-corrected chi connectivity index (χ3v) is 5.83. The standard InChI is InChI=1S/C14H19NO3S2/c1-4-15(14(2,3)13(17)18)12(16)11-7-9-8-19-6-5-10(9)20-11/h7H,4-6,8H2,1-3H3,(H,17,18). The average molecular weight is 313 g/mol. The van der Waals surface area contributed by atoms with E-state index >= 15 is 0 Å². The first-order valence-electron chi connectivity index (χ1n) is 6.62. The molecule has 2 rings (SSSR count). The van der Waals surface area contributed by atoms with Gasteiger partial charge >= 0.3 is 5.97 Å². The van der Waals surface area contributed by atoms with Crippen LogP contribution in [0.3, 0.4) is 0 Å². The van der Waals surface area contributed by atoms with E-state index in [1.807, 2.05) is 24.8 Å². The van der Waals surface area contributed by atoms with E-state index in [0.29, 0.717) is 11.4 Å². The van der Waals surface area contributed by atoms with Gasteiger partial charge in [0.15, 0.2) is 0 Å². The Morgan fingerprint density at radius 1 is 1.45 bits per heavy atom. The van der Waals surface area contributed by atoms with Crippen LogP contribution in [-0.2, 0) is 17.0 Å². The highest BCUT2D eigenvalue weighted by Crippen LogP contribution is 2.33. The second-order valence-corrected chi connectivity index (χ2v) is 7.52. The zero-order chi connectivity index (χ0) is 14.9. The SMILES string of the molecule is CCN(C(=O)c1cc2c(s1)CCSC2)C(C)(C)C(=O)O. The molecule has 0 saturated heterocycles. The number of amides is 1. The third kappa shape index (κ3) is 2.72. The number of carboxylic acids is 1. The third-order valence-electron chi connectivity index (χ3n) is 3.60. The van der Waals surface area contributed by atoms with Crippen LogP contribution in [0, 0.1) is 0 Å². The maximum Gasteiger partial charge on any atom is 0.329 e. The van der Waals surface area contributed by atoms with E-state index in [2.05, 4.69) is 0 Å². The first kappa shape index (κ1) is 15.4. The normalized spacial score (nSPS) is 14.8. The number of hydrogen-bond donors (Lipinski definition) is 1. The monoisotopic (exact) mass is 313 g/mol. The zero-order valence-corrected chi connectivity index (χ0v) is 13.6. The Balaban J connectivity index is 2.29. The highest BCUT2D eigenvalue weighted by atomic mass is 32.2. The molecule has 0 atom stereocenters. The zero-order valence-electron chi connectivity index (χ0n) is 11.9. The van der Waals surface area contributed by atoms with Crippen molar-refractivity contribution < 1.29 is 14.7 Å². The molecule has 2 heterocycles. The number of carboxylic acid groups (broad SMARTS) is 1. The molecule has 0 fully saturated rings. The molecule has 6 heteroatoms. The molecule has 0 unspecified atom stereocenters. The summed E-state index contributed by atoms with van der Waals surface area (Å²) >= 11 is 3.39. The van der Waals surface area contributed by atoms with Gasteiger partial charge in [-0.1, -0.05) is 0 Å². The molecule has 0 aromatic carbocycles. The number of thiophene rings is 1. The van der Waals surface area contributed by atoms with Crippen molar-refractivity contribution in [1.82, 2.24) is 4.90 Å². The Labute approximate surface area is 127 Å². The largest absolute Gasteiger partial charge is 0.480 e. The van der Waals surface area contributed by atoms with E-state index in [9.17, 15) is 14.7 Å². The van der Waals surface area contributed by atoms with Crippen LogP contribution in [0.25, 0.3) is 0 Å². The smallest absolute Gasteiger partial charge is 0.329 e. The fourth-order valence-electron chi connectivity index (χ4n) is 2.29. The number of hydrogen-bond acceptors (Lipinski definition) is 4. The number of carbonyl (C=O) groups is 2. The predicted molar refractivity (Wildman–Crippen MR) is 82.6 cm³/mol. The van der Waals surface area contributed by atoms with Crippen molar-refractivity contribution in [3.63, 3.8) is 0 Å². The minimum Gasteiger partial charge on any atom is -0.480 e. The lowest BCUT2D eigenvalue weighted by Crippen LogP contribution is -2.52. The average Bonchev–Trinajstić information content (AvgIpc) is 2.82. The van der Waals surface area contributed by atoms with Crippen LogP contribution in [0.15, 0.2) is 6.07 Å². The molecule has 1 aromatic rings. The van der Waals surface area contributed by atoms with Gasteiger partial charge in [0.25, 0.3) is 5.91 Å². The summed E-state index contributed by atoms with van der Waals surface area (Å²) in [6.45, 7) is 5.33. The lowest BCUT2D eigenvalue weighted by molar-refractivity contribution is -0.147. The molecule has 1 aliphatic heterocycles. The first-order chi connectivity index (χ1) is 9.37. The summed E-state index contributed by atoms with van der Waals surface area (Å²) in [4.78, 5) is 27.3. The summed E-state index contributed by atoms with van der Waals surface area (Å²) in [5.41, 5.74) is 0.0456. The number of fused-ring (bicyclic) bond motifs is 1. The Kier molecular flexibility index (Phi) is 4.44. The van der Waals surface area contributed by atoms with Gasteiger partial charge in [0, 0.05) is 17.2 Å². The quantitative estimate of drug-likeness (QED) is 0.928. The fraction of sp³-hybridized carbons (Fsp3) is 0.571. The van der Waals surface area contributed by atoms with E-state index in [4.69, 9.17) is 0 Å². The molecule has 1 aromatic heterocycles. The number of rotatable bonds is 4. The van der Waals surface area contributed by atoms with Crippen molar-refractivity contribution in [2.24, 2.45) is 0 Å². The van der Waals surface area contributed by atoms with Gasteiger partial charge in [-0.3, -0.25) is 4.79 Å². The minimum atomic E-state index is -1.19. The number of likely N-dealkylation sites (N-methyl/N-ethyl adjacent to an activating group) is 1. The van der Waals surface area contributed by atoms with E-state index in [0.717, 1.165) is 17.9 Å². The van der Waals surface area contributed by atoms with Gasteiger partial charge in [-0.05, 0) is 44.6 Å². The van der Waals surface area contributed by atoms with Crippen molar-refractivity contribution >= 4 is 35.0 Å². The van der Waals surface area contributed by atoms with Crippen LogP contribution in [0.1, 0.15) is 40.9 Å². The lowest BCUT2D eigenvalue weighted by Gasteiger charge is -2.33. The molecule has 1 N–H and O–H groups in total. The van der Waals surface area contributed by atoms with Crippen molar-refractivity contribution in [2.75, 3.05) is 12.3 Å². The predicted octanol–water partition coefficient (Wildman–Crippen LogP) is 2.86. The molecule has 1 amide bonds. The number of aryl methyl sites for hydroxylation is 1. The summed E-state index contributed by atoms with van der Waals surface area (Å²) in [7, 11) is 0. The van der Waals surface area contributed by atoms with Gasteiger partial charge in [0.2, 0.25) is 0 Å². The molecule has 110 valence electrons. The number of thioether (sulfide) groups is 1. The number of aliphatic carboxylic acids is 1. The fourth-order valence-corrected chi connectivity index (χ4v) is 4.62. The molecule has 4 nitrogen and oxygen atoms in total. The maximum atomic E-state index is 12.6. The van der Waals surface area contributed by atoms with Crippen LogP contribution in [-0.4, -0.2) is 39.7 Å². The highest BCUT2D eigenvalue weighted by Gasteiger charge is 2.38. The topological polar surface area (TPSA) is 57.6 Å². The Hall–Kier alpha value is -1.01. The molecule has 0 aliphatic carbocycles. The summed E-state index contributed by atoms with van der Waals surface area (Å²) in [6, 6.07) is 1.94. The molecule has 20 heavy (non-hydrogen) atoms. The summed E-state index contributed by atoms with van der Waals surface area (Å²) in [6.07, 6.45) is 1.01. The van der Waals surface area contributed by atoms with Gasteiger partial charge in [-0.25, -0.2) is 4.79 Å². The van der Waals surface area contributed by atoms with Crippen LogP contribution >= 0.6 is 23.1 Å². The molecular formula is C14H19NO3S2. The molecule has 1 aliphatic rings. The molecule has 0 spiro atoms. The molecule has 0 radical (unpaired) electrons. The van der Waals surface area contributed by atoms with Crippen LogP contribution in [0.4, 0.5) is 0 Å². The number of carbonyl (C=O) groups excluding carboxylic acids is 1. The molecule has 0 saturated carbocycles. The van der Waals surface area contributed by atoms with Gasteiger partial charge < -0.3 is 10.0 Å². The van der Waals surface area contributed by atoms with Gasteiger partial charge in [0.1, 0.15) is 5.54 Å². The molecular weight excluding hydrogens is 294 g/mol. The first-order valence-corrected chi connectivity index (χ1v) is 8.59. The van der Waals surface area contributed by atoms with Gasteiger partial charge in [-0.2, -0.15) is 11.8 Å². The lowest BCUT2D eigenvalue weighted by atomic mass is 10.0. The van der Waals surface area contributed by atoms with E-state index in [-0.39, 0.29) is 5.91 Å². The Morgan fingerprint density at radius 3 is 2.70 bits per heavy atom. The van der Waals surface area contributed by atoms with E-state index < -0.39 is 11.5 Å². The van der Waals surface area contributed by atoms with Crippen molar-refractivity contribution in [2.45, 2.75) is 38.5 Å². The minimum absolute atomic E-state index is 0.177. The van der Waals surface area contributed by atoms with E-state index in [1.54, 1.807) is 13.8 Å². The summed E-state index contributed by atoms with van der Waals surface area (Å²) in [5.74, 6) is 0.890. The van der Waals surface area contributed by atoms with Gasteiger partial charge in [0.05, 0.1) is 4.88 Å². The Morgan fingerprint density at radius 2 is 2.15 bits per heavy atom. The van der Waals surface area contributed by atoms with Crippen molar-refractivity contribution in [3.05, 3.63) is 21.4 Å². The van der Waals surface area contributed by atoms with Crippen molar-refractivity contribution in [3.8, 4) is 0 Å². The van der Waals surface area contributed by atoms with Crippen LogP contribution in [0.2, 0.25) is 0 Å². The van der Waals surface area contributed by atoms with E-state index in [1.165, 1.54) is 26.7 Å². The highest BCUT2D eigenvalue weighted by molar-refractivity contribution is 7.98. The van der Waals surface area contributed by atoms with Crippen LogP contribution < -0.4 is 0 Å². The maximum absolute atomic E-state index is 12.6. The second-order valence-electron chi connectivity index (χ2n) is 5.28. The summed E-state index contributed by atoms with van der Waals surface area (Å²) < 4.78 is 0. The Bertz CT molecular complexity index is 513. The van der Waals surface area contributed by atoms with Gasteiger partial charge in [-0.15, -0.1) is 11.3 Å². The second kappa shape index (κ2) is 5.77.